The second-order valence-corrected chi connectivity index (χ2v) is 4.48. The molecular formula is C15H25FIN3O. The summed E-state index contributed by atoms with van der Waals surface area (Å²) >= 11 is 0. The molecule has 2 N–H and O–H groups in total. The lowest BCUT2D eigenvalue weighted by atomic mass is 10.2. The number of rotatable bonds is 7. The summed E-state index contributed by atoms with van der Waals surface area (Å²) in [6.07, 6.45) is 0.678. The minimum atomic E-state index is -0.302. The van der Waals surface area contributed by atoms with Crippen molar-refractivity contribution in [1.29, 1.82) is 0 Å². The number of guanidine groups is 1. The number of hydrogen-bond donors (Lipinski definition) is 1. The molecule has 21 heavy (non-hydrogen) atoms. The third kappa shape index (κ3) is 6.97. The molecule has 1 rings (SSSR count). The fourth-order valence-corrected chi connectivity index (χ4v) is 1.83. The summed E-state index contributed by atoms with van der Waals surface area (Å²) < 4.78 is 18.8. The van der Waals surface area contributed by atoms with Crippen LogP contribution < -0.4 is 10.5 Å². The quantitative estimate of drug-likeness (QED) is 0.427. The molecule has 0 amide bonds. The summed E-state index contributed by atoms with van der Waals surface area (Å²) in [5.41, 5.74) is 5.92. The van der Waals surface area contributed by atoms with Crippen LogP contribution in [-0.4, -0.2) is 36.6 Å². The van der Waals surface area contributed by atoms with Gasteiger partial charge in [0, 0.05) is 19.2 Å². The average molecular weight is 409 g/mol. The fraction of sp³-hybridized carbons (Fsp3) is 0.533. The van der Waals surface area contributed by atoms with Crippen molar-refractivity contribution >= 4 is 29.9 Å². The minimum Gasteiger partial charge on any atom is -0.488 e. The lowest BCUT2D eigenvalue weighted by Gasteiger charge is -2.21. The van der Waals surface area contributed by atoms with Gasteiger partial charge in [-0.15, -0.1) is 24.0 Å². The zero-order valence-corrected chi connectivity index (χ0v) is 15.2. The van der Waals surface area contributed by atoms with Crippen molar-refractivity contribution in [3.05, 3.63) is 30.1 Å². The summed E-state index contributed by atoms with van der Waals surface area (Å²) in [5, 5.41) is 0. The van der Waals surface area contributed by atoms with E-state index in [-0.39, 0.29) is 35.9 Å². The molecule has 0 fully saturated rings. The van der Waals surface area contributed by atoms with Crippen molar-refractivity contribution in [2.24, 2.45) is 10.7 Å². The van der Waals surface area contributed by atoms with Crippen LogP contribution in [0.15, 0.2) is 29.3 Å². The third-order valence-electron chi connectivity index (χ3n) is 3.10. The molecule has 0 bridgehead atoms. The molecule has 1 aromatic rings. The van der Waals surface area contributed by atoms with Gasteiger partial charge in [-0.1, -0.05) is 13.0 Å². The Morgan fingerprint density at radius 2 is 2.00 bits per heavy atom. The van der Waals surface area contributed by atoms with Gasteiger partial charge in [-0.3, -0.25) is 0 Å². The van der Waals surface area contributed by atoms with Crippen LogP contribution in [0.25, 0.3) is 0 Å². The van der Waals surface area contributed by atoms with Gasteiger partial charge in [0.15, 0.2) is 5.96 Å². The van der Waals surface area contributed by atoms with E-state index < -0.39 is 0 Å². The van der Waals surface area contributed by atoms with Crippen molar-refractivity contribution in [3.8, 4) is 5.75 Å². The van der Waals surface area contributed by atoms with Crippen LogP contribution in [0.3, 0.4) is 0 Å². The highest BCUT2D eigenvalue weighted by Crippen LogP contribution is 2.15. The second kappa shape index (κ2) is 10.6. The highest BCUT2D eigenvalue weighted by molar-refractivity contribution is 14.0. The molecule has 0 spiro atoms. The molecule has 0 aromatic heterocycles. The standard InChI is InChI=1S/C15H24FN3O.HI/c1-4-13(11-18-15(17)19(5-2)6-3)20-14-9-7-8-12(16)10-14;/h7-10,13H,4-6,11H2,1-3H3,(H2,17,18);1H. The van der Waals surface area contributed by atoms with Crippen molar-refractivity contribution in [2.75, 3.05) is 19.6 Å². The summed E-state index contributed by atoms with van der Waals surface area (Å²) in [5.74, 6) is 0.744. The summed E-state index contributed by atoms with van der Waals surface area (Å²) in [7, 11) is 0. The van der Waals surface area contributed by atoms with Crippen molar-refractivity contribution in [2.45, 2.75) is 33.3 Å². The van der Waals surface area contributed by atoms with Gasteiger partial charge in [0.25, 0.3) is 0 Å². The first kappa shape index (κ1) is 19.9. The molecule has 0 aliphatic rings. The van der Waals surface area contributed by atoms with Crippen LogP contribution >= 0.6 is 24.0 Å². The Morgan fingerprint density at radius 1 is 1.33 bits per heavy atom. The Labute approximate surface area is 143 Å². The molecule has 0 radical (unpaired) electrons. The van der Waals surface area contributed by atoms with Crippen LogP contribution in [0, 0.1) is 5.82 Å². The van der Waals surface area contributed by atoms with Crippen LogP contribution in [0.1, 0.15) is 27.2 Å². The Balaban J connectivity index is 0.00000400. The largest absolute Gasteiger partial charge is 0.488 e. The molecule has 0 aliphatic heterocycles. The van der Waals surface area contributed by atoms with Crippen molar-refractivity contribution in [1.82, 2.24) is 4.90 Å². The molecule has 0 saturated heterocycles. The lowest BCUT2D eigenvalue weighted by molar-refractivity contribution is 0.204. The van der Waals surface area contributed by atoms with Crippen LogP contribution in [0.2, 0.25) is 0 Å². The van der Waals surface area contributed by atoms with Gasteiger partial charge in [0.2, 0.25) is 0 Å². The first-order chi connectivity index (χ1) is 9.60. The maximum absolute atomic E-state index is 13.1. The Bertz CT molecular complexity index is 439. The van der Waals surface area contributed by atoms with E-state index in [2.05, 4.69) is 4.99 Å². The van der Waals surface area contributed by atoms with E-state index in [4.69, 9.17) is 10.5 Å². The number of benzene rings is 1. The number of hydrogen-bond acceptors (Lipinski definition) is 2. The number of ether oxygens (including phenoxy) is 1. The molecule has 1 aromatic carbocycles. The number of aliphatic imine (C=N–C) groups is 1. The normalized spacial score (nSPS) is 12.5. The first-order valence-corrected chi connectivity index (χ1v) is 7.07. The van der Waals surface area contributed by atoms with Crippen LogP contribution in [0.5, 0.6) is 5.75 Å². The molecular weight excluding hydrogens is 384 g/mol. The third-order valence-corrected chi connectivity index (χ3v) is 3.10. The first-order valence-electron chi connectivity index (χ1n) is 7.07. The van der Waals surface area contributed by atoms with E-state index in [0.717, 1.165) is 19.5 Å². The van der Waals surface area contributed by atoms with E-state index >= 15 is 0 Å². The molecule has 0 heterocycles. The fourth-order valence-electron chi connectivity index (χ4n) is 1.83. The minimum absolute atomic E-state index is 0. The van der Waals surface area contributed by atoms with Gasteiger partial charge in [0.05, 0.1) is 6.54 Å². The van der Waals surface area contributed by atoms with Crippen molar-refractivity contribution < 1.29 is 9.13 Å². The molecule has 1 unspecified atom stereocenters. The number of halogens is 2. The van der Waals surface area contributed by atoms with Crippen LogP contribution in [0.4, 0.5) is 4.39 Å². The van der Waals surface area contributed by atoms with Gasteiger partial charge < -0.3 is 15.4 Å². The molecule has 6 heteroatoms. The van der Waals surface area contributed by atoms with Crippen molar-refractivity contribution in [3.63, 3.8) is 0 Å². The summed E-state index contributed by atoms with van der Waals surface area (Å²) in [6, 6.07) is 6.14. The van der Waals surface area contributed by atoms with Gasteiger partial charge in [-0.25, -0.2) is 9.38 Å². The Kier molecular flexibility index (Phi) is 10.1. The molecule has 0 saturated carbocycles. The highest BCUT2D eigenvalue weighted by Gasteiger charge is 2.09. The molecule has 120 valence electrons. The van der Waals surface area contributed by atoms with E-state index in [9.17, 15) is 4.39 Å². The maximum Gasteiger partial charge on any atom is 0.191 e. The number of nitrogens with zero attached hydrogens (tertiary/aromatic N) is 2. The molecule has 0 aliphatic carbocycles. The van der Waals surface area contributed by atoms with Gasteiger partial charge in [0.1, 0.15) is 17.7 Å². The highest BCUT2D eigenvalue weighted by atomic mass is 127. The second-order valence-electron chi connectivity index (χ2n) is 4.48. The molecule has 1 atom stereocenters. The van der Waals surface area contributed by atoms with E-state index in [1.165, 1.54) is 12.1 Å². The van der Waals surface area contributed by atoms with Gasteiger partial charge in [-0.05, 0) is 32.4 Å². The Hall–Kier alpha value is -1.05. The SMILES string of the molecule is CCC(CN=C(N)N(CC)CC)Oc1cccc(F)c1.I. The Morgan fingerprint density at radius 3 is 2.52 bits per heavy atom. The zero-order valence-electron chi connectivity index (χ0n) is 12.9. The predicted octanol–water partition coefficient (Wildman–Crippen LogP) is 3.26. The smallest absolute Gasteiger partial charge is 0.191 e. The predicted molar refractivity (Wildman–Crippen MR) is 95.9 cm³/mol. The number of nitrogens with two attached hydrogens (primary N) is 1. The monoisotopic (exact) mass is 409 g/mol. The zero-order chi connectivity index (χ0) is 15.0. The maximum atomic E-state index is 13.1. The van der Waals surface area contributed by atoms with E-state index in [1.54, 1.807) is 12.1 Å². The summed E-state index contributed by atoms with van der Waals surface area (Å²) in [4.78, 5) is 6.34. The van der Waals surface area contributed by atoms with E-state index in [0.29, 0.717) is 18.3 Å². The average Bonchev–Trinajstić information content (AvgIpc) is 2.44. The van der Waals surface area contributed by atoms with E-state index in [1.807, 2.05) is 25.7 Å². The lowest BCUT2D eigenvalue weighted by Crippen LogP contribution is -2.38. The van der Waals surface area contributed by atoms with Gasteiger partial charge >= 0.3 is 0 Å². The van der Waals surface area contributed by atoms with Gasteiger partial charge in [-0.2, -0.15) is 0 Å². The topological polar surface area (TPSA) is 50.8 Å². The van der Waals surface area contributed by atoms with Crippen LogP contribution in [-0.2, 0) is 0 Å². The molecule has 4 nitrogen and oxygen atoms in total. The summed E-state index contributed by atoms with van der Waals surface area (Å²) in [6.45, 7) is 8.20.